The van der Waals surface area contributed by atoms with Gasteiger partial charge in [-0.25, -0.2) is 4.98 Å². The lowest BCUT2D eigenvalue weighted by Gasteiger charge is -2.36. The number of hydrogen-bond donors (Lipinski definition) is 1. The SMILES string of the molecule is CCc1nc(CNC(=NC)N2CCN(C/C=C/c3ccccc3)CC2)cs1.I. The van der Waals surface area contributed by atoms with Crippen LogP contribution in [0.2, 0.25) is 0 Å². The quantitative estimate of drug-likeness (QED) is 0.365. The molecule has 1 aromatic carbocycles. The molecule has 7 heteroatoms. The lowest BCUT2D eigenvalue weighted by Crippen LogP contribution is -2.52. The summed E-state index contributed by atoms with van der Waals surface area (Å²) in [6.45, 7) is 7.97. The van der Waals surface area contributed by atoms with E-state index in [1.165, 1.54) is 10.6 Å². The number of benzene rings is 1. The molecule has 0 spiro atoms. The zero-order valence-corrected chi connectivity index (χ0v) is 19.8. The Balaban J connectivity index is 0.00000280. The molecule has 1 aliphatic rings. The minimum atomic E-state index is 0. The Kier molecular flexibility index (Phi) is 9.94. The first-order valence-electron chi connectivity index (χ1n) is 9.61. The molecule has 28 heavy (non-hydrogen) atoms. The van der Waals surface area contributed by atoms with Gasteiger partial charge < -0.3 is 10.2 Å². The highest BCUT2D eigenvalue weighted by atomic mass is 127. The van der Waals surface area contributed by atoms with E-state index in [1.807, 2.05) is 7.05 Å². The molecule has 0 unspecified atom stereocenters. The van der Waals surface area contributed by atoms with Crippen LogP contribution in [0.1, 0.15) is 23.2 Å². The molecular formula is C21H30IN5S. The van der Waals surface area contributed by atoms with Crippen LogP contribution in [0.15, 0.2) is 46.8 Å². The molecule has 5 nitrogen and oxygen atoms in total. The molecule has 2 aromatic rings. The van der Waals surface area contributed by atoms with E-state index in [9.17, 15) is 0 Å². The van der Waals surface area contributed by atoms with E-state index in [0.29, 0.717) is 0 Å². The fourth-order valence-electron chi connectivity index (χ4n) is 3.14. The number of piperazine rings is 1. The predicted octanol–water partition coefficient (Wildman–Crippen LogP) is 3.73. The summed E-state index contributed by atoms with van der Waals surface area (Å²) in [5, 5.41) is 6.79. The van der Waals surface area contributed by atoms with Crippen LogP contribution < -0.4 is 5.32 Å². The van der Waals surface area contributed by atoms with Crippen molar-refractivity contribution in [1.82, 2.24) is 20.1 Å². The van der Waals surface area contributed by atoms with E-state index in [0.717, 1.165) is 57.3 Å². The van der Waals surface area contributed by atoms with E-state index in [1.54, 1.807) is 11.3 Å². The highest BCUT2D eigenvalue weighted by Crippen LogP contribution is 2.10. The highest BCUT2D eigenvalue weighted by molar-refractivity contribution is 14.0. The van der Waals surface area contributed by atoms with Gasteiger partial charge in [0.1, 0.15) is 0 Å². The lowest BCUT2D eigenvalue weighted by atomic mass is 10.2. The maximum atomic E-state index is 4.62. The maximum absolute atomic E-state index is 4.62. The Labute approximate surface area is 189 Å². The summed E-state index contributed by atoms with van der Waals surface area (Å²) in [5.41, 5.74) is 2.36. The smallest absolute Gasteiger partial charge is 0.194 e. The van der Waals surface area contributed by atoms with Crippen LogP contribution in [0.25, 0.3) is 6.08 Å². The standard InChI is InChI=1S/C21H29N5S.HI/c1-3-20-24-19(17-27-20)16-23-21(22-2)26-14-12-25(13-15-26)11-7-10-18-8-5-4-6-9-18;/h4-10,17H,3,11-16H2,1-2H3,(H,22,23);1H/b10-7+;. The fourth-order valence-corrected chi connectivity index (χ4v) is 3.88. The first-order chi connectivity index (χ1) is 13.3. The van der Waals surface area contributed by atoms with Crippen LogP contribution in [-0.2, 0) is 13.0 Å². The van der Waals surface area contributed by atoms with Gasteiger partial charge in [-0.2, -0.15) is 0 Å². The van der Waals surface area contributed by atoms with Crippen molar-refractivity contribution < 1.29 is 0 Å². The van der Waals surface area contributed by atoms with Crippen molar-refractivity contribution in [3.63, 3.8) is 0 Å². The Bertz CT molecular complexity index is 751. The van der Waals surface area contributed by atoms with Gasteiger partial charge in [0.25, 0.3) is 0 Å². The molecule has 1 aromatic heterocycles. The number of rotatable bonds is 6. The topological polar surface area (TPSA) is 43.8 Å². The molecule has 0 atom stereocenters. The summed E-state index contributed by atoms with van der Waals surface area (Å²) in [6, 6.07) is 10.5. The highest BCUT2D eigenvalue weighted by Gasteiger charge is 2.18. The van der Waals surface area contributed by atoms with E-state index >= 15 is 0 Å². The average Bonchev–Trinajstić information content (AvgIpc) is 3.18. The zero-order valence-electron chi connectivity index (χ0n) is 16.7. The molecule has 1 fully saturated rings. The van der Waals surface area contributed by atoms with Crippen LogP contribution in [0.3, 0.4) is 0 Å². The fraction of sp³-hybridized carbons (Fsp3) is 0.429. The van der Waals surface area contributed by atoms with Crippen LogP contribution in [0, 0.1) is 0 Å². The third-order valence-electron chi connectivity index (χ3n) is 4.69. The molecule has 3 rings (SSSR count). The van der Waals surface area contributed by atoms with Crippen molar-refractivity contribution in [3.8, 4) is 0 Å². The van der Waals surface area contributed by atoms with Crippen molar-refractivity contribution in [1.29, 1.82) is 0 Å². The minimum Gasteiger partial charge on any atom is -0.351 e. The first-order valence-corrected chi connectivity index (χ1v) is 10.5. The van der Waals surface area contributed by atoms with E-state index in [2.05, 4.69) is 79.9 Å². The van der Waals surface area contributed by atoms with Crippen molar-refractivity contribution in [2.24, 2.45) is 4.99 Å². The number of halogens is 1. The molecule has 1 aliphatic heterocycles. The summed E-state index contributed by atoms with van der Waals surface area (Å²) in [6.07, 6.45) is 5.46. The molecular weight excluding hydrogens is 481 g/mol. The van der Waals surface area contributed by atoms with Crippen LogP contribution >= 0.6 is 35.3 Å². The third-order valence-corrected chi connectivity index (χ3v) is 5.73. The Hall–Kier alpha value is -1.45. The second-order valence-corrected chi connectivity index (χ2v) is 7.53. The average molecular weight is 511 g/mol. The monoisotopic (exact) mass is 511 g/mol. The van der Waals surface area contributed by atoms with Gasteiger partial charge in [0, 0.05) is 45.2 Å². The van der Waals surface area contributed by atoms with Crippen molar-refractivity contribution in [3.05, 3.63) is 58.1 Å². The normalized spacial score (nSPS) is 15.6. The van der Waals surface area contributed by atoms with Gasteiger partial charge in [-0.05, 0) is 12.0 Å². The van der Waals surface area contributed by atoms with Gasteiger partial charge in [-0.15, -0.1) is 35.3 Å². The predicted molar refractivity (Wildman–Crippen MR) is 131 cm³/mol. The number of thiazole rings is 1. The first kappa shape index (κ1) is 22.8. The molecule has 1 saturated heterocycles. The molecule has 2 heterocycles. The summed E-state index contributed by atoms with van der Waals surface area (Å²) in [4.78, 5) is 13.9. The molecule has 1 N–H and O–H groups in total. The number of nitrogens with one attached hydrogen (secondary N) is 1. The number of nitrogens with zero attached hydrogens (tertiary/aromatic N) is 4. The molecule has 0 saturated carbocycles. The molecule has 0 amide bonds. The second kappa shape index (κ2) is 12.2. The van der Waals surface area contributed by atoms with Gasteiger partial charge in [0.05, 0.1) is 17.2 Å². The van der Waals surface area contributed by atoms with Gasteiger partial charge in [0.2, 0.25) is 0 Å². The van der Waals surface area contributed by atoms with Crippen molar-refractivity contribution in [2.75, 3.05) is 39.8 Å². The number of aromatic nitrogens is 1. The Morgan fingerprint density at radius 3 is 2.61 bits per heavy atom. The summed E-state index contributed by atoms with van der Waals surface area (Å²) >= 11 is 1.73. The second-order valence-electron chi connectivity index (χ2n) is 6.59. The van der Waals surface area contributed by atoms with Gasteiger partial charge in [-0.3, -0.25) is 9.89 Å². The van der Waals surface area contributed by atoms with Crippen molar-refractivity contribution in [2.45, 2.75) is 19.9 Å². The lowest BCUT2D eigenvalue weighted by molar-refractivity contribution is 0.194. The Morgan fingerprint density at radius 1 is 1.21 bits per heavy atom. The zero-order chi connectivity index (χ0) is 18.9. The van der Waals surface area contributed by atoms with E-state index < -0.39 is 0 Å². The number of aryl methyl sites for hydroxylation is 1. The van der Waals surface area contributed by atoms with Gasteiger partial charge in [-0.1, -0.05) is 49.4 Å². The molecule has 0 bridgehead atoms. The third kappa shape index (κ3) is 6.86. The van der Waals surface area contributed by atoms with E-state index in [-0.39, 0.29) is 24.0 Å². The summed E-state index contributed by atoms with van der Waals surface area (Å²) in [5.74, 6) is 0.973. The summed E-state index contributed by atoms with van der Waals surface area (Å²) < 4.78 is 0. The molecule has 152 valence electrons. The van der Waals surface area contributed by atoms with E-state index in [4.69, 9.17) is 0 Å². The van der Waals surface area contributed by atoms with Crippen LogP contribution in [0.4, 0.5) is 0 Å². The minimum absolute atomic E-state index is 0. The van der Waals surface area contributed by atoms with Crippen LogP contribution in [-0.4, -0.2) is 60.5 Å². The van der Waals surface area contributed by atoms with Gasteiger partial charge in [0.15, 0.2) is 5.96 Å². The largest absolute Gasteiger partial charge is 0.351 e. The maximum Gasteiger partial charge on any atom is 0.194 e. The number of aliphatic imine (C=N–C) groups is 1. The Morgan fingerprint density at radius 2 is 1.96 bits per heavy atom. The number of guanidine groups is 1. The number of hydrogen-bond acceptors (Lipinski definition) is 4. The molecule has 0 aliphatic carbocycles. The van der Waals surface area contributed by atoms with Crippen LogP contribution in [0.5, 0.6) is 0 Å². The summed E-state index contributed by atoms with van der Waals surface area (Å²) in [7, 11) is 1.86. The van der Waals surface area contributed by atoms with Crippen molar-refractivity contribution >= 4 is 47.3 Å². The molecule has 0 radical (unpaired) electrons. The van der Waals surface area contributed by atoms with Gasteiger partial charge >= 0.3 is 0 Å².